The number of carbonyl (C=O) groups excluding carboxylic acids is 1. The first-order valence-electron chi connectivity index (χ1n) is 11.0. The van der Waals surface area contributed by atoms with E-state index >= 15 is 0 Å². The van der Waals surface area contributed by atoms with Gasteiger partial charge in [-0.3, -0.25) is 0 Å². The maximum Gasteiger partial charge on any atom is 0.418 e. The van der Waals surface area contributed by atoms with Crippen molar-refractivity contribution in [1.29, 1.82) is 0 Å². The molecule has 0 aromatic heterocycles. The number of hydrogen-bond acceptors (Lipinski definition) is 4. The van der Waals surface area contributed by atoms with Gasteiger partial charge in [0.25, 0.3) is 0 Å². The lowest BCUT2D eigenvalue weighted by Crippen LogP contribution is -2.45. The SMILES string of the molecule is COc1cccc(S(=O)(=O)N2CCC3(CCN(C(=O)Nc4c(Cl)cccc4C(F)(F)F)C3)CC2)c1. The van der Waals surface area contributed by atoms with Gasteiger partial charge in [0.15, 0.2) is 0 Å². The third-order valence-electron chi connectivity index (χ3n) is 6.74. The van der Waals surface area contributed by atoms with Crippen LogP contribution >= 0.6 is 11.6 Å². The first-order chi connectivity index (χ1) is 16.4. The first kappa shape index (κ1) is 25.6. The molecule has 0 radical (unpaired) electrons. The highest BCUT2D eigenvalue weighted by Crippen LogP contribution is 2.43. The summed E-state index contributed by atoms with van der Waals surface area (Å²) >= 11 is 5.95. The number of sulfonamides is 1. The number of alkyl halides is 3. The molecule has 190 valence electrons. The van der Waals surface area contributed by atoms with Gasteiger partial charge in [0.05, 0.1) is 28.3 Å². The number of hydrogen-bond donors (Lipinski definition) is 1. The Morgan fingerprint density at radius 3 is 2.40 bits per heavy atom. The highest BCUT2D eigenvalue weighted by molar-refractivity contribution is 7.89. The fourth-order valence-corrected chi connectivity index (χ4v) is 6.40. The van der Waals surface area contributed by atoms with Gasteiger partial charge in [0, 0.05) is 32.2 Å². The van der Waals surface area contributed by atoms with Gasteiger partial charge in [-0.2, -0.15) is 17.5 Å². The van der Waals surface area contributed by atoms with Crippen molar-refractivity contribution in [1.82, 2.24) is 9.21 Å². The lowest BCUT2D eigenvalue weighted by Gasteiger charge is -2.38. The summed E-state index contributed by atoms with van der Waals surface area (Å²) in [6.07, 6.45) is -2.94. The zero-order chi connectivity index (χ0) is 25.4. The van der Waals surface area contributed by atoms with Crippen molar-refractivity contribution in [3.05, 3.63) is 53.1 Å². The average molecular weight is 532 g/mol. The Labute approximate surface area is 206 Å². The number of ether oxygens (including phenoxy) is 1. The molecule has 1 N–H and O–H groups in total. The molecule has 0 unspecified atom stereocenters. The van der Waals surface area contributed by atoms with Crippen molar-refractivity contribution in [2.45, 2.75) is 30.3 Å². The van der Waals surface area contributed by atoms with E-state index in [2.05, 4.69) is 5.32 Å². The molecule has 1 spiro atoms. The molecule has 4 rings (SSSR count). The number of benzene rings is 2. The average Bonchev–Trinajstić information content (AvgIpc) is 3.23. The molecule has 2 aliphatic rings. The summed E-state index contributed by atoms with van der Waals surface area (Å²) in [5.41, 5.74) is -1.76. The molecular weight excluding hydrogens is 507 g/mol. The van der Waals surface area contributed by atoms with Crippen molar-refractivity contribution < 1.29 is 31.1 Å². The number of para-hydroxylation sites is 1. The van der Waals surface area contributed by atoms with Crippen LogP contribution in [0.5, 0.6) is 5.75 Å². The molecule has 0 bridgehead atoms. The van der Waals surface area contributed by atoms with Crippen molar-refractivity contribution in [3.63, 3.8) is 0 Å². The third-order valence-corrected chi connectivity index (χ3v) is 8.95. The maximum atomic E-state index is 13.4. The standard InChI is InChI=1S/C23H25ClF3N3O4S/c1-34-16-4-2-5-17(14-16)35(32,33)30-12-9-22(10-13-30)8-11-29(15-22)21(31)28-20-18(23(25,26)27)6-3-7-19(20)24/h2-7,14H,8-13,15H2,1H3,(H,28,31). The number of amides is 2. The second-order valence-electron chi connectivity index (χ2n) is 8.84. The van der Waals surface area contributed by atoms with E-state index in [0.29, 0.717) is 38.1 Å². The van der Waals surface area contributed by atoms with E-state index < -0.39 is 33.5 Å². The number of likely N-dealkylation sites (tertiary alicyclic amines) is 1. The Morgan fingerprint density at radius 2 is 1.74 bits per heavy atom. The maximum absolute atomic E-state index is 13.4. The van der Waals surface area contributed by atoms with Crippen molar-refractivity contribution in [2.24, 2.45) is 5.41 Å². The predicted molar refractivity (Wildman–Crippen MR) is 125 cm³/mol. The smallest absolute Gasteiger partial charge is 0.418 e. The second kappa shape index (κ2) is 9.51. The Balaban J connectivity index is 1.41. The fraction of sp³-hybridized carbons (Fsp3) is 0.435. The number of carbonyl (C=O) groups is 1. The third kappa shape index (κ3) is 5.22. The molecule has 2 aromatic carbocycles. The van der Waals surface area contributed by atoms with E-state index in [0.717, 1.165) is 6.07 Å². The van der Waals surface area contributed by atoms with Crippen molar-refractivity contribution >= 4 is 33.3 Å². The minimum Gasteiger partial charge on any atom is -0.497 e. The zero-order valence-corrected chi connectivity index (χ0v) is 20.5. The summed E-state index contributed by atoms with van der Waals surface area (Å²) in [5.74, 6) is 0.448. The van der Waals surface area contributed by atoms with Gasteiger partial charge in [-0.1, -0.05) is 23.7 Å². The lowest BCUT2D eigenvalue weighted by molar-refractivity contribution is -0.136. The van der Waals surface area contributed by atoms with Gasteiger partial charge in [0.2, 0.25) is 10.0 Å². The molecule has 2 fully saturated rings. The number of halogens is 4. The monoisotopic (exact) mass is 531 g/mol. The van der Waals surface area contributed by atoms with E-state index in [1.54, 1.807) is 12.1 Å². The largest absolute Gasteiger partial charge is 0.497 e. The van der Waals surface area contributed by atoms with Crippen LogP contribution in [0.25, 0.3) is 0 Å². The van der Waals surface area contributed by atoms with Crippen LogP contribution in [-0.4, -0.2) is 56.9 Å². The summed E-state index contributed by atoms with van der Waals surface area (Å²) in [6.45, 7) is 1.27. The molecule has 12 heteroatoms. The molecule has 35 heavy (non-hydrogen) atoms. The molecule has 7 nitrogen and oxygen atoms in total. The van der Waals surface area contributed by atoms with Gasteiger partial charge in [-0.25, -0.2) is 13.2 Å². The Bertz CT molecular complexity index is 1210. The summed E-state index contributed by atoms with van der Waals surface area (Å²) in [6, 6.07) is 8.96. The molecule has 0 atom stereocenters. The number of nitrogens with zero attached hydrogens (tertiary/aromatic N) is 2. The van der Waals surface area contributed by atoms with E-state index in [9.17, 15) is 26.4 Å². The molecule has 2 saturated heterocycles. The topological polar surface area (TPSA) is 79.0 Å². The summed E-state index contributed by atoms with van der Waals surface area (Å²) in [5, 5.41) is 2.14. The van der Waals surface area contributed by atoms with Gasteiger partial charge in [-0.05, 0) is 48.9 Å². The van der Waals surface area contributed by atoms with E-state index in [4.69, 9.17) is 16.3 Å². The quantitative estimate of drug-likeness (QED) is 0.597. The number of anilines is 1. The van der Waals surface area contributed by atoms with Crippen molar-refractivity contribution in [2.75, 3.05) is 38.6 Å². The van der Waals surface area contributed by atoms with Crippen LogP contribution in [-0.2, 0) is 16.2 Å². The summed E-state index contributed by atoms with van der Waals surface area (Å²) in [4.78, 5) is 14.4. The normalized spacial score (nSPS) is 18.6. The van der Waals surface area contributed by atoms with Crippen LogP contribution in [0.4, 0.5) is 23.7 Å². The zero-order valence-electron chi connectivity index (χ0n) is 18.9. The first-order valence-corrected chi connectivity index (χ1v) is 12.8. The number of nitrogens with one attached hydrogen (secondary N) is 1. The van der Waals surface area contributed by atoms with Gasteiger partial charge in [-0.15, -0.1) is 0 Å². The molecule has 0 saturated carbocycles. The van der Waals surface area contributed by atoms with Crippen LogP contribution in [0.15, 0.2) is 47.4 Å². The highest BCUT2D eigenvalue weighted by Gasteiger charge is 2.44. The minimum absolute atomic E-state index is 0.153. The van der Waals surface area contributed by atoms with Crippen LogP contribution < -0.4 is 10.1 Å². The van der Waals surface area contributed by atoms with Gasteiger partial charge >= 0.3 is 12.2 Å². The van der Waals surface area contributed by atoms with Gasteiger partial charge in [0.1, 0.15) is 5.75 Å². The molecule has 0 aliphatic carbocycles. The molecule has 2 aliphatic heterocycles. The number of methoxy groups -OCH3 is 1. The van der Waals surface area contributed by atoms with Crippen molar-refractivity contribution in [3.8, 4) is 5.75 Å². The van der Waals surface area contributed by atoms with E-state index in [-0.39, 0.29) is 28.4 Å². The summed E-state index contributed by atoms with van der Waals surface area (Å²) in [7, 11) is -2.23. The highest BCUT2D eigenvalue weighted by atomic mass is 35.5. The minimum atomic E-state index is -4.67. The second-order valence-corrected chi connectivity index (χ2v) is 11.2. The van der Waals surface area contributed by atoms with Crippen LogP contribution in [0, 0.1) is 5.41 Å². The van der Waals surface area contributed by atoms with Crippen LogP contribution in [0.3, 0.4) is 0 Å². The Morgan fingerprint density at radius 1 is 1.09 bits per heavy atom. The van der Waals surface area contributed by atoms with E-state index in [1.807, 2.05) is 0 Å². The fourth-order valence-electron chi connectivity index (χ4n) is 4.70. The molecular formula is C23H25ClF3N3O4S. The predicted octanol–water partition coefficient (Wildman–Crippen LogP) is 5.08. The van der Waals surface area contributed by atoms with Crippen LogP contribution in [0.2, 0.25) is 5.02 Å². The molecule has 2 amide bonds. The van der Waals surface area contributed by atoms with Gasteiger partial charge < -0.3 is 15.0 Å². The molecule has 2 aromatic rings. The molecule has 2 heterocycles. The number of piperidine rings is 1. The summed E-state index contributed by atoms with van der Waals surface area (Å²) < 4.78 is 72.8. The Hall–Kier alpha value is -2.50. The van der Waals surface area contributed by atoms with Crippen LogP contribution in [0.1, 0.15) is 24.8 Å². The van der Waals surface area contributed by atoms with E-state index in [1.165, 1.54) is 40.6 Å². The number of urea groups is 1. The lowest BCUT2D eigenvalue weighted by atomic mass is 9.78. The number of rotatable bonds is 4. The Kier molecular flexibility index (Phi) is 6.96.